The highest BCUT2D eigenvalue weighted by atomic mass is 35.5. The van der Waals surface area contributed by atoms with Crippen molar-refractivity contribution in [3.05, 3.63) is 53.6 Å². The first kappa shape index (κ1) is 9.92. The summed E-state index contributed by atoms with van der Waals surface area (Å²) in [5.74, 6) is 0. The van der Waals surface area contributed by atoms with Gasteiger partial charge < -0.3 is 4.42 Å². The van der Waals surface area contributed by atoms with E-state index in [0.29, 0.717) is 10.7 Å². The third-order valence-electron chi connectivity index (χ3n) is 3.13. The summed E-state index contributed by atoms with van der Waals surface area (Å²) in [4.78, 5) is 4.53. The van der Waals surface area contributed by atoms with Gasteiger partial charge in [-0.25, -0.2) is 4.98 Å². The number of furan rings is 1. The van der Waals surface area contributed by atoms with Crippen molar-refractivity contribution >= 4 is 44.6 Å². The van der Waals surface area contributed by atoms with Crippen LogP contribution in [0.1, 0.15) is 0 Å². The Balaban J connectivity index is 2.25. The van der Waals surface area contributed by atoms with Crippen LogP contribution in [0.3, 0.4) is 0 Å². The summed E-state index contributed by atoms with van der Waals surface area (Å²) < 4.78 is 5.75. The third kappa shape index (κ3) is 1.33. The van der Waals surface area contributed by atoms with Gasteiger partial charge in [-0.2, -0.15) is 0 Å². The Morgan fingerprint density at radius 2 is 1.83 bits per heavy atom. The third-order valence-corrected chi connectivity index (χ3v) is 3.36. The highest BCUT2D eigenvalue weighted by Crippen LogP contribution is 2.31. The van der Waals surface area contributed by atoms with Gasteiger partial charge in [-0.3, -0.25) is 0 Å². The lowest BCUT2D eigenvalue weighted by Crippen LogP contribution is -1.77. The molecule has 3 heteroatoms. The predicted octanol–water partition coefficient (Wildman–Crippen LogP) is 4.79. The van der Waals surface area contributed by atoms with Crippen LogP contribution in [0.15, 0.2) is 52.9 Å². The Kier molecular flexibility index (Phi) is 1.91. The molecule has 0 aliphatic heterocycles. The van der Waals surface area contributed by atoms with Crippen molar-refractivity contribution in [3.8, 4) is 0 Å². The van der Waals surface area contributed by atoms with Crippen molar-refractivity contribution in [2.75, 3.05) is 0 Å². The van der Waals surface area contributed by atoms with E-state index in [4.69, 9.17) is 16.0 Å². The largest absolute Gasteiger partial charge is 0.438 e. The Morgan fingerprint density at radius 1 is 0.944 bits per heavy atom. The lowest BCUT2D eigenvalue weighted by Gasteiger charge is -1.95. The number of halogens is 1. The molecule has 0 amide bonds. The lowest BCUT2D eigenvalue weighted by molar-refractivity contribution is 0.656. The number of hydrogen-bond acceptors (Lipinski definition) is 2. The predicted molar refractivity (Wildman–Crippen MR) is 74.0 cm³/mol. The van der Waals surface area contributed by atoms with Gasteiger partial charge in [0.15, 0.2) is 0 Å². The van der Waals surface area contributed by atoms with Crippen LogP contribution >= 0.6 is 11.6 Å². The van der Waals surface area contributed by atoms with Crippen molar-refractivity contribution < 1.29 is 4.42 Å². The second-order valence-electron chi connectivity index (χ2n) is 4.28. The molecule has 0 unspecified atom stereocenters. The molecule has 0 N–H and O–H groups in total. The summed E-state index contributed by atoms with van der Waals surface area (Å²) in [5, 5.41) is 3.83. The molecule has 0 saturated heterocycles. The molecule has 2 heterocycles. The number of aromatic nitrogens is 1. The second kappa shape index (κ2) is 3.47. The van der Waals surface area contributed by atoms with Gasteiger partial charge in [0.2, 0.25) is 5.71 Å². The van der Waals surface area contributed by atoms with Gasteiger partial charge in [0, 0.05) is 21.2 Å². The molecule has 86 valence electrons. The Labute approximate surface area is 108 Å². The van der Waals surface area contributed by atoms with Gasteiger partial charge in [0.25, 0.3) is 0 Å². The van der Waals surface area contributed by atoms with Crippen LogP contribution in [0.2, 0.25) is 5.02 Å². The number of pyridine rings is 1. The quantitative estimate of drug-likeness (QED) is 0.450. The van der Waals surface area contributed by atoms with Gasteiger partial charge in [-0.15, -0.1) is 0 Å². The number of benzene rings is 2. The van der Waals surface area contributed by atoms with E-state index < -0.39 is 0 Å². The molecule has 18 heavy (non-hydrogen) atoms. The van der Waals surface area contributed by atoms with E-state index in [-0.39, 0.29) is 0 Å². The molecule has 0 radical (unpaired) electrons. The summed E-state index contributed by atoms with van der Waals surface area (Å²) in [5.41, 5.74) is 2.42. The van der Waals surface area contributed by atoms with E-state index in [0.717, 1.165) is 27.3 Å². The first-order valence-electron chi connectivity index (χ1n) is 5.69. The number of fused-ring (bicyclic) bond motifs is 4. The first-order valence-corrected chi connectivity index (χ1v) is 6.07. The summed E-state index contributed by atoms with van der Waals surface area (Å²) >= 11 is 6.03. The molecule has 0 aliphatic rings. The van der Waals surface area contributed by atoms with E-state index in [1.165, 1.54) is 0 Å². The summed E-state index contributed by atoms with van der Waals surface area (Å²) in [6.45, 7) is 0. The zero-order chi connectivity index (χ0) is 12.1. The molecule has 0 fully saturated rings. The summed E-state index contributed by atoms with van der Waals surface area (Å²) in [6, 6.07) is 15.7. The number of hydrogen-bond donors (Lipinski definition) is 0. The fourth-order valence-corrected chi connectivity index (χ4v) is 2.45. The van der Waals surface area contributed by atoms with Crippen molar-refractivity contribution in [1.82, 2.24) is 4.98 Å². The molecule has 0 saturated carbocycles. The average molecular weight is 254 g/mol. The normalized spacial score (nSPS) is 11.6. The molecular formula is C15H8ClNO. The smallest absolute Gasteiger partial charge is 0.227 e. The van der Waals surface area contributed by atoms with E-state index in [9.17, 15) is 0 Å². The van der Waals surface area contributed by atoms with Crippen LogP contribution in [0.5, 0.6) is 0 Å². The average Bonchev–Trinajstić information content (AvgIpc) is 2.73. The SMILES string of the molecule is Clc1ccc2oc3nc4ccccc4cc3c2c1. The maximum atomic E-state index is 6.03. The standard InChI is InChI=1S/C15H8ClNO/c16-10-5-6-14-11(8-10)12-7-9-3-1-2-4-13(9)17-15(12)18-14/h1-8H. The molecule has 2 aromatic heterocycles. The summed E-state index contributed by atoms with van der Waals surface area (Å²) in [7, 11) is 0. The molecule has 0 aliphatic carbocycles. The fourth-order valence-electron chi connectivity index (χ4n) is 2.27. The lowest BCUT2D eigenvalue weighted by atomic mass is 10.1. The van der Waals surface area contributed by atoms with Crippen LogP contribution in [0, 0.1) is 0 Å². The number of rotatable bonds is 0. The Morgan fingerprint density at radius 3 is 2.78 bits per heavy atom. The fraction of sp³-hybridized carbons (Fsp3) is 0. The molecule has 4 aromatic rings. The number of para-hydroxylation sites is 1. The van der Waals surface area contributed by atoms with Gasteiger partial charge >= 0.3 is 0 Å². The molecule has 0 atom stereocenters. The molecule has 4 rings (SSSR count). The Hall–Kier alpha value is -2.06. The van der Waals surface area contributed by atoms with E-state index in [2.05, 4.69) is 11.1 Å². The van der Waals surface area contributed by atoms with Crippen molar-refractivity contribution in [3.63, 3.8) is 0 Å². The number of nitrogens with zero attached hydrogens (tertiary/aromatic N) is 1. The van der Waals surface area contributed by atoms with E-state index in [1.807, 2.05) is 42.5 Å². The van der Waals surface area contributed by atoms with Gasteiger partial charge in [0.1, 0.15) is 5.58 Å². The minimum atomic E-state index is 0.658. The highest BCUT2D eigenvalue weighted by Gasteiger charge is 2.09. The van der Waals surface area contributed by atoms with Crippen molar-refractivity contribution in [2.24, 2.45) is 0 Å². The maximum absolute atomic E-state index is 6.03. The maximum Gasteiger partial charge on any atom is 0.227 e. The topological polar surface area (TPSA) is 26.0 Å². The second-order valence-corrected chi connectivity index (χ2v) is 4.71. The molecule has 2 nitrogen and oxygen atoms in total. The molecule has 0 spiro atoms. The van der Waals surface area contributed by atoms with E-state index in [1.54, 1.807) is 0 Å². The molecule has 2 aromatic carbocycles. The molecular weight excluding hydrogens is 246 g/mol. The van der Waals surface area contributed by atoms with Crippen molar-refractivity contribution in [1.29, 1.82) is 0 Å². The minimum absolute atomic E-state index is 0.658. The van der Waals surface area contributed by atoms with Gasteiger partial charge in [-0.05, 0) is 30.3 Å². The van der Waals surface area contributed by atoms with Crippen LogP contribution in [0.4, 0.5) is 0 Å². The molecule has 0 bridgehead atoms. The monoisotopic (exact) mass is 253 g/mol. The van der Waals surface area contributed by atoms with Crippen LogP contribution in [-0.4, -0.2) is 4.98 Å². The van der Waals surface area contributed by atoms with Gasteiger partial charge in [-0.1, -0.05) is 29.8 Å². The summed E-state index contributed by atoms with van der Waals surface area (Å²) in [6.07, 6.45) is 0. The van der Waals surface area contributed by atoms with E-state index >= 15 is 0 Å². The van der Waals surface area contributed by atoms with Gasteiger partial charge in [0.05, 0.1) is 5.52 Å². The van der Waals surface area contributed by atoms with Crippen LogP contribution in [-0.2, 0) is 0 Å². The Bertz CT molecular complexity index is 895. The van der Waals surface area contributed by atoms with Crippen LogP contribution in [0.25, 0.3) is 33.0 Å². The minimum Gasteiger partial charge on any atom is -0.438 e. The van der Waals surface area contributed by atoms with Crippen molar-refractivity contribution in [2.45, 2.75) is 0 Å². The van der Waals surface area contributed by atoms with Crippen LogP contribution < -0.4 is 0 Å². The zero-order valence-electron chi connectivity index (χ0n) is 9.35. The zero-order valence-corrected chi connectivity index (χ0v) is 10.1. The highest BCUT2D eigenvalue weighted by molar-refractivity contribution is 6.31. The first-order chi connectivity index (χ1) is 8.81.